The topological polar surface area (TPSA) is 61.5 Å². The highest BCUT2D eigenvalue weighted by Crippen LogP contribution is 2.24. The van der Waals surface area contributed by atoms with Crippen LogP contribution in [0, 0.1) is 0 Å². The number of rotatable bonds is 4. The molecule has 0 heterocycles. The zero-order valence-corrected chi connectivity index (χ0v) is 12.7. The molecule has 2 N–H and O–H groups in total. The third-order valence-electron chi connectivity index (χ3n) is 2.85. The van der Waals surface area contributed by atoms with Gasteiger partial charge in [-0.1, -0.05) is 29.3 Å². The Morgan fingerprint density at radius 1 is 1.19 bits per heavy atom. The normalized spacial score (nSPS) is 10.2. The molecule has 0 unspecified atom stereocenters. The summed E-state index contributed by atoms with van der Waals surface area (Å²) >= 11 is 11.8. The number of esters is 1. The number of anilines is 1. The van der Waals surface area contributed by atoms with Crippen molar-refractivity contribution in [1.29, 1.82) is 0 Å². The minimum absolute atomic E-state index is 0.0332. The van der Waals surface area contributed by atoms with Gasteiger partial charge in [0.05, 0.1) is 12.7 Å². The maximum Gasteiger partial charge on any atom is 0.340 e. The molecule has 2 rings (SSSR count). The summed E-state index contributed by atoms with van der Waals surface area (Å²) in [5.74, 6) is -0.0157. The van der Waals surface area contributed by atoms with E-state index in [0.717, 1.165) is 0 Å². The van der Waals surface area contributed by atoms with Gasteiger partial charge in [0.25, 0.3) is 0 Å². The van der Waals surface area contributed by atoms with E-state index in [4.69, 9.17) is 38.4 Å². The number of methoxy groups -OCH3 is 1. The molecule has 0 spiro atoms. The minimum atomic E-state index is -0.544. The molecule has 6 heteroatoms. The summed E-state index contributed by atoms with van der Waals surface area (Å²) in [4.78, 5) is 12.1. The van der Waals surface area contributed by atoms with Crippen LogP contribution < -0.4 is 10.5 Å². The molecule has 0 fully saturated rings. The van der Waals surface area contributed by atoms with E-state index in [1.165, 1.54) is 13.2 Å². The van der Waals surface area contributed by atoms with E-state index in [0.29, 0.717) is 27.0 Å². The number of hydrogen-bond donors (Lipinski definition) is 1. The second-order valence-corrected chi connectivity index (χ2v) is 5.11. The molecule has 0 aliphatic heterocycles. The number of nitrogens with two attached hydrogens (primary N) is 1. The van der Waals surface area contributed by atoms with Gasteiger partial charge in [0.1, 0.15) is 12.4 Å². The van der Waals surface area contributed by atoms with Crippen LogP contribution in [0.1, 0.15) is 15.9 Å². The Morgan fingerprint density at radius 2 is 1.95 bits per heavy atom. The Kier molecular flexibility index (Phi) is 4.94. The van der Waals surface area contributed by atoms with Crippen LogP contribution in [0.2, 0.25) is 10.0 Å². The Balaban J connectivity index is 2.11. The van der Waals surface area contributed by atoms with Gasteiger partial charge in [-0.15, -0.1) is 0 Å². The van der Waals surface area contributed by atoms with Gasteiger partial charge in [-0.3, -0.25) is 0 Å². The van der Waals surface area contributed by atoms with Gasteiger partial charge in [0.15, 0.2) is 0 Å². The number of halogens is 2. The monoisotopic (exact) mass is 325 g/mol. The zero-order chi connectivity index (χ0) is 15.4. The van der Waals surface area contributed by atoms with Crippen molar-refractivity contribution in [2.75, 3.05) is 12.8 Å². The average Bonchev–Trinajstić information content (AvgIpc) is 2.46. The summed E-state index contributed by atoms with van der Waals surface area (Å²) < 4.78 is 10.3. The first kappa shape index (κ1) is 15.5. The first-order valence-corrected chi connectivity index (χ1v) is 6.81. The lowest BCUT2D eigenvalue weighted by atomic mass is 10.1. The molecular weight excluding hydrogens is 313 g/mol. The Morgan fingerprint density at radius 3 is 2.62 bits per heavy atom. The van der Waals surface area contributed by atoms with Crippen molar-refractivity contribution in [1.82, 2.24) is 0 Å². The van der Waals surface area contributed by atoms with Crippen LogP contribution in [0.15, 0.2) is 36.4 Å². The van der Waals surface area contributed by atoms with E-state index in [-0.39, 0.29) is 12.2 Å². The number of nitrogen functional groups attached to an aromatic ring is 1. The molecule has 0 radical (unpaired) electrons. The van der Waals surface area contributed by atoms with Crippen molar-refractivity contribution in [3.05, 3.63) is 57.6 Å². The van der Waals surface area contributed by atoms with Crippen LogP contribution in [0.3, 0.4) is 0 Å². The van der Waals surface area contributed by atoms with E-state index in [1.807, 2.05) is 0 Å². The summed E-state index contributed by atoms with van der Waals surface area (Å²) in [6.07, 6.45) is 0. The van der Waals surface area contributed by atoms with Crippen LogP contribution in [0.25, 0.3) is 0 Å². The molecule has 4 nitrogen and oxygen atoms in total. The fourth-order valence-electron chi connectivity index (χ4n) is 1.70. The lowest BCUT2D eigenvalue weighted by Crippen LogP contribution is -2.08. The van der Waals surface area contributed by atoms with Crippen molar-refractivity contribution in [3.63, 3.8) is 0 Å². The van der Waals surface area contributed by atoms with Crippen molar-refractivity contribution < 1.29 is 14.3 Å². The number of benzene rings is 2. The third kappa shape index (κ3) is 3.80. The van der Waals surface area contributed by atoms with E-state index in [2.05, 4.69) is 0 Å². The third-order valence-corrected chi connectivity index (χ3v) is 3.44. The highest BCUT2D eigenvalue weighted by Gasteiger charge is 2.13. The molecule has 0 atom stereocenters. The van der Waals surface area contributed by atoms with Gasteiger partial charge in [-0.25, -0.2) is 4.79 Å². The van der Waals surface area contributed by atoms with Gasteiger partial charge < -0.3 is 15.2 Å². The predicted octanol–water partition coefficient (Wildman–Crippen LogP) is 3.94. The highest BCUT2D eigenvalue weighted by molar-refractivity contribution is 6.35. The fourth-order valence-corrected chi connectivity index (χ4v) is 2.16. The Labute approximate surface area is 132 Å². The molecule has 0 bridgehead atoms. The van der Waals surface area contributed by atoms with Crippen LogP contribution in [0.5, 0.6) is 5.75 Å². The SMILES string of the molecule is COc1ccc(N)c(C(=O)OCc2ccc(Cl)cc2Cl)c1. The van der Waals surface area contributed by atoms with Gasteiger partial charge in [-0.2, -0.15) is 0 Å². The minimum Gasteiger partial charge on any atom is -0.497 e. The lowest BCUT2D eigenvalue weighted by Gasteiger charge is -2.09. The molecule has 0 amide bonds. The van der Waals surface area contributed by atoms with Crippen molar-refractivity contribution >= 4 is 34.9 Å². The molecule has 0 saturated carbocycles. The molecule has 0 aliphatic carbocycles. The van der Waals surface area contributed by atoms with E-state index in [1.54, 1.807) is 30.3 Å². The maximum absolute atomic E-state index is 12.1. The summed E-state index contributed by atoms with van der Waals surface area (Å²) in [5.41, 5.74) is 7.00. The van der Waals surface area contributed by atoms with E-state index >= 15 is 0 Å². The largest absolute Gasteiger partial charge is 0.497 e. The van der Waals surface area contributed by atoms with E-state index in [9.17, 15) is 4.79 Å². The zero-order valence-electron chi connectivity index (χ0n) is 11.2. The molecule has 2 aromatic carbocycles. The fraction of sp³-hybridized carbons (Fsp3) is 0.133. The predicted molar refractivity (Wildman–Crippen MR) is 83.0 cm³/mol. The maximum atomic E-state index is 12.1. The van der Waals surface area contributed by atoms with Gasteiger partial charge in [0, 0.05) is 21.3 Å². The molecule has 110 valence electrons. The Hall–Kier alpha value is -1.91. The van der Waals surface area contributed by atoms with Crippen LogP contribution in [0.4, 0.5) is 5.69 Å². The molecule has 0 aromatic heterocycles. The molecule has 2 aromatic rings. The van der Waals surface area contributed by atoms with Crippen LogP contribution in [-0.2, 0) is 11.3 Å². The van der Waals surface area contributed by atoms with Crippen LogP contribution in [-0.4, -0.2) is 13.1 Å². The first-order chi connectivity index (χ1) is 10.0. The molecule has 0 saturated heterocycles. The average molecular weight is 326 g/mol. The highest BCUT2D eigenvalue weighted by atomic mass is 35.5. The number of carbonyl (C=O) groups is 1. The van der Waals surface area contributed by atoms with Gasteiger partial charge >= 0.3 is 5.97 Å². The molecule has 21 heavy (non-hydrogen) atoms. The first-order valence-electron chi connectivity index (χ1n) is 6.06. The summed E-state index contributed by atoms with van der Waals surface area (Å²) in [5, 5.41) is 0.959. The smallest absolute Gasteiger partial charge is 0.340 e. The molecular formula is C15H13Cl2NO3. The Bertz CT molecular complexity index is 674. The van der Waals surface area contributed by atoms with Crippen molar-refractivity contribution in [3.8, 4) is 5.75 Å². The molecule has 0 aliphatic rings. The second-order valence-electron chi connectivity index (χ2n) is 4.27. The summed E-state index contributed by atoms with van der Waals surface area (Å²) in [6, 6.07) is 9.75. The van der Waals surface area contributed by atoms with Gasteiger partial charge in [-0.05, 0) is 30.3 Å². The van der Waals surface area contributed by atoms with Gasteiger partial charge in [0.2, 0.25) is 0 Å². The van der Waals surface area contributed by atoms with Crippen LogP contribution >= 0.6 is 23.2 Å². The summed E-state index contributed by atoms with van der Waals surface area (Å²) in [6.45, 7) is 0.0332. The summed E-state index contributed by atoms with van der Waals surface area (Å²) in [7, 11) is 1.51. The van der Waals surface area contributed by atoms with E-state index < -0.39 is 5.97 Å². The second kappa shape index (κ2) is 6.70. The van der Waals surface area contributed by atoms with Crippen molar-refractivity contribution in [2.45, 2.75) is 6.61 Å². The standard InChI is InChI=1S/C15H13Cl2NO3/c1-20-11-4-5-14(18)12(7-11)15(19)21-8-9-2-3-10(16)6-13(9)17/h2-7H,8,18H2,1H3. The number of carbonyl (C=O) groups excluding carboxylic acids is 1. The number of ether oxygens (including phenoxy) is 2. The lowest BCUT2D eigenvalue weighted by molar-refractivity contribution is 0.0474. The quantitative estimate of drug-likeness (QED) is 0.683. The number of hydrogen-bond acceptors (Lipinski definition) is 4. The van der Waals surface area contributed by atoms with Crippen molar-refractivity contribution in [2.24, 2.45) is 0 Å².